The fourth-order valence-electron chi connectivity index (χ4n) is 0.269. The Bertz CT molecular complexity index is 71.8. The van der Waals surface area contributed by atoms with Gasteiger partial charge in [-0.3, -0.25) is 0 Å². The first-order valence-corrected chi connectivity index (χ1v) is 9.08. The van der Waals surface area contributed by atoms with Crippen LogP contribution in [0.3, 0.4) is 0 Å². The molecule has 0 aliphatic heterocycles. The first-order valence-electron chi connectivity index (χ1n) is 3.09. The molecule has 0 amide bonds. The SMILES string of the molecule is CCCSS[Si](C)(C)O. The third kappa shape index (κ3) is 8.88. The van der Waals surface area contributed by atoms with Crippen LogP contribution in [0.25, 0.3) is 0 Å². The zero-order chi connectivity index (χ0) is 7.33. The fourth-order valence-corrected chi connectivity index (χ4v) is 5.77. The topological polar surface area (TPSA) is 20.2 Å². The second-order valence-corrected chi connectivity index (χ2v) is 11.8. The second-order valence-electron chi connectivity index (χ2n) is 2.35. The van der Waals surface area contributed by atoms with E-state index in [4.69, 9.17) is 0 Å². The van der Waals surface area contributed by atoms with E-state index >= 15 is 0 Å². The highest BCUT2D eigenvalue weighted by atomic mass is 33.2. The lowest BCUT2D eigenvalue weighted by Crippen LogP contribution is -2.17. The minimum atomic E-state index is -1.81. The quantitative estimate of drug-likeness (QED) is 0.410. The second kappa shape index (κ2) is 4.66. The average molecular weight is 182 g/mol. The third-order valence-electron chi connectivity index (χ3n) is 0.550. The maximum Gasteiger partial charge on any atom is 0.255 e. The normalized spacial score (nSPS) is 12.0. The smallest absolute Gasteiger partial charge is 0.255 e. The maximum absolute atomic E-state index is 9.33. The van der Waals surface area contributed by atoms with Crippen LogP contribution in [0.5, 0.6) is 0 Å². The molecule has 0 aliphatic carbocycles. The van der Waals surface area contributed by atoms with Crippen molar-refractivity contribution in [1.82, 2.24) is 0 Å². The van der Waals surface area contributed by atoms with E-state index < -0.39 is 7.47 Å². The van der Waals surface area contributed by atoms with Gasteiger partial charge in [-0.25, -0.2) is 0 Å². The third-order valence-corrected chi connectivity index (χ3v) is 8.46. The fraction of sp³-hybridized carbons (Fsp3) is 1.00. The van der Waals surface area contributed by atoms with Crippen molar-refractivity contribution >= 4 is 28.5 Å². The predicted octanol–water partition coefficient (Wildman–Crippen LogP) is 2.47. The van der Waals surface area contributed by atoms with E-state index in [0.29, 0.717) is 0 Å². The average Bonchev–Trinajstić information content (AvgIpc) is 1.63. The molecule has 1 N–H and O–H groups in total. The van der Waals surface area contributed by atoms with E-state index in [1.165, 1.54) is 6.42 Å². The standard InChI is InChI=1S/C5H14OS2Si/c1-4-5-7-8-9(2,3)6/h6H,4-5H2,1-3H3. The summed E-state index contributed by atoms with van der Waals surface area (Å²) >= 11 is 0. The molecule has 0 fully saturated rings. The van der Waals surface area contributed by atoms with E-state index in [0.717, 1.165) is 5.75 Å². The molecule has 0 aromatic heterocycles. The Labute approximate surface area is 65.8 Å². The minimum absolute atomic E-state index is 1.15. The van der Waals surface area contributed by atoms with Crippen molar-refractivity contribution in [3.63, 3.8) is 0 Å². The highest BCUT2D eigenvalue weighted by Gasteiger charge is 2.17. The summed E-state index contributed by atoms with van der Waals surface area (Å²) in [5, 5.41) is 0. The van der Waals surface area contributed by atoms with Crippen molar-refractivity contribution < 1.29 is 4.80 Å². The Balaban J connectivity index is 3.07. The van der Waals surface area contributed by atoms with Gasteiger partial charge in [-0.15, -0.1) is 0 Å². The van der Waals surface area contributed by atoms with Crippen LogP contribution in [0.4, 0.5) is 0 Å². The van der Waals surface area contributed by atoms with Crippen LogP contribution in [0.2, 0.25) is 13.1 Å². The van der Waals surface area contributed by atoms with Crippen LogP contribution in [0.15, 0.2) is 0 Å². The van der Waals surface area contributed by atoms with Gasteiger partial charge in [0.15, 0.2) is 0 Å². The van der Waals surface area contributed by atoms with Crippen molar-refractivity contribution in [2.45, 2.75) is 26.4 Å². The molecule has 56 valence electrons. The van der Waals surface area contributed by atoms with Gasteiger partial charge >= 0.3 is 0 Å². The van der Waals surface area contributed by atoms with E-state index in [1.54, 1.807) is 21.0 Å². The van der Waals surface area contributed by atoms with Crippen LogP contribution in [0, 0.1) is 0 Å². The number of hydrogen-bond acceptors (Lipinski definition) is 3. The summed E-state index contributed by atoms with van der Waals surface area (Å²) in [6, 6.07) is 0. The van der Waals surface area contributed by atoms with Gasteiger partial charge in [0.25, 0.3) is 7.47 Å². The van der Waals surface area contributed by atoms with Gasteiger partial charge in [0.1, 0.15) is 0 Å². The van der Waals surface area contributed by atoms with Crippen molar-refractivity contribution in [3.05, 3.63) is 0 Å². The van der Waals surface area contributed by atoms with E-state index in [-0.39, 0.29) is 0 Å². The molecule has 1 nitrogen and oxygen atoms in total. The van der Waals surface area contributed by atoms with E-state index in [1.807, 2.05) is 13.1 Å². The van der Waals surface area contributed by atoms with E-state index in [9.17, 15) is 4.80 Å². The lowest BCUT2D eigenvalue weighted by Gasteiger charge is -2.10. The molecule has 0 aliphatic rings. The summed E-state index contributed by atoms with van der Waals surface area (Å²) in [6.07, 6.45) is 1.20. The largest absolute Gasteiger partial charge is 0.423 e. The Morgan fingerprint density at radius 1 is 1.44 bits per heavy atom. The molecule has 0 spiro atoms. The molecular formula is C5H14OS2Si. The molecule has 4 heteroatoms. The van der Waals surface area contributed by atoms with Crippen molar-refractivity contribution in [2.24, 2.45) is 0 Å². The molecule has 0 heterocycles. The van der Waals surface area contributed by atoms with Gasteiger partial charge in [-0.1, -0.05) is 28.0 Å². The van der Waals surface area contributed by atoms with E-state index in [2.05, 4.69) is 6.92 Å². The molecule has 0 bridgehead atoms. The molecule has 0 atom stereocenters. The van der Waals surface area contributed by atoms with Crippen LogP contribution < -0.4 is 0 Å². The lowest BCUT2D eigenvalue weighted by atomic mass is 10.6. The maximum atomic E-state index is 9.33. The Morgan fingerprint density at radius 2 is 2.00 bits per heavy atom. The molecule has 0 radical (unpaired) electrons. The first kappa shape index (κ1) is 9.88. The van der Waals surface area contributed by atoms with Crippen LogP contribution in [0.1, 0.15) is 13.3 Å². The molecule has 0 saturated carbocycles. The van der Waals surface area contributed by atoms with Gasteiger partial charge in [0.2, 0.25) is 0 Å². The van der Waals surface area contributed by atoms with Crippen molar-refractivity contribution in [1.29, 1.82) is 0 Å². The summed E-state index contributed by atoms with van der Waals surface area (Å²) < 4.78 is 0. The van der Waals surface area contributed by atoms with Gasteiger partial charge in [0, 0.05) is 5.75 Å². The summed E-state index contributed by atoms with van der Waals surface area (Å²) in [5.74, 6) is 1.15. The molecule has 9 heavy (non-hydrogen) atoms. The summed E-state index contributed by atoms with van der Waals surface area (Å²) in [6.45, 7) is 6.04. The zero-order valence-corrected chi connectivity index (χ0v) is 8.81. The Morgan fingerprint density at radius 3 is 2.33 bits per heavy atom. The summed E-state index contributed by atoms with van der Waals surface area (Å²) in [7, 11) is 1.64. The Hall–Kier alpha value is 0.877. The molecular weight excluding hydrogens is 168 g/mol. The summed E-state index contributed by atoms with van der Waals surface area (Å²) in [4.78, 5) is 9.33. The van der Waals surface area contributed by atoms with Crippen molar-refractivity contribution in [3.8, 4) is 0 Å². The van der Waals surface area contributed by atoms with Gasteiger partial charge in [-0.05, 0) is 19.5 Å². The Kier molecular flexibility index (Phi) is 5.11. The molecule has 0 aromatic carbocycles. The van der Waals surface area contributed by atoms with Gasteiger partial charge < -0.3 is 4.80 Å². The molecule has 0 aromatic rings. The number of hydrogen-bond donors (Lipinski definition) is 1. The zero-order valence-electron chi connectivity index (χ0n) is 6.18. The van der Waals surface area contributed by atoms with Crippen molar-refractivity contribution in [2.75, 3.05) is 5.75 Å². The lowest BCUT2D eigenvalue weighted by molar-refractivity contribution is 0.579. The minimum Gasteiger partial charge on any atom is -0.423 e. The predicted molar refractivity (Wildman–Crippen MR) is 50.0 cm³/mol. The van der Waals surface area contributed by atoms with Gasteiger partial charge in [-0.2, -0.15) is 0 Å². The van der Waals surface area contributed by atoms with Crippen LogP contribution in [-0.4, -0.2) is 18.0 Å². The molecule has 0 saturated heterocycles. The van der Waals surface area contributed by atoms with Gasteiger partial charge in [0.05, 0.1) is 0 Å². The highest BCUT2D eigenvalue weighted by molar-refractivity contribution is 8.87. The summed E-state index contributed by atoms with van der Waals surface area (Å²) in [5.41, 5.74) is 0. The first-order chi connectivity index (χ1) is 4.06. The monoisotopic (exact) mass is 182 g/mol. The van der Waals surface area contributed by atoms with Crippen LogP contribution in [-0.2, 0) is 0 Å². The number of rotatable bonds is 4. The van der Waals surface area contributed by atoms with Crippen LogP contribution >= 0.6 is 21.0 Å². The molecule has 0 rings (SSSR count). The molecule has 0 unspecified atom stereocenters. The highest BCUT2D eigenvalue weighted by Crippen LogP contribution is 2.30.